The van der Waals surface area contributed by atoms with Crippen molar-refractivity contribution in [2.75, 3.05) is 0 Å². The highest BCUT2D eigenvalue weighted by molar-refractivity contribution is 5.88. The minimum atomic E-state index is 0.427. The van der Waals surface area contributed by atoms with E-state index in [4.69, 9.17) is 0 Å². The van der Waals surface area contributed by atoms with E-state index in [0.717, 1.165) is 0 Å². The normalized spacial score (nSPS) is 12.9. The van der Waals surface area contributed by atoms with Crippen LogP contribution in [-0.2, 0) is 0 Å². The van der Waals surface area contributed by atoms with Gasteiger partial charge in [-0.25, -0.2) is 0 Å². The van der Waals surface area contributed by atoms with Gasteiger partial charge in [0.05, 0.1) is 0 Å². The fraction of sp³-hybridized carbons (Fsp3) is 0.273. The molecule has 1 unspecified atom stereocenters. The van der Waals surface area contributed by atoms with Crippen LogP contribution in [0.5, 0.6) is 0 Å². The molecule has 2 nitrogen and oxygen atoms in total. The van der Waals surface area contributed by atoms with Gasteiger partial charge >= 0.3 is 0 Å². The number of fused-ring (bicyclic) bond motifs is 2. The van der Waals surface area contributed by atoms with Crippen LogP contribution in [-0.4, -0.2) is 9.97 Å². The largest absolute Gasteiger partial charge is 0.361 e. The molecule has 0 fully saturated rings. The lowest BCUT2D eigenvalue weighted by Gasteiger charge is -2.16. The molecule has 24 heavy (non-hydrogen) atoms. The summed E-state index contributed by atoms with van der Waals surface area (Å²) in [5.74, 6) is 0.427. The van der Waals surface area contributed by atoms with Gasteiger partial charge in [-0.15, -0.1) is 0 Å². The third-order valence-corrected chi connectivity index (χ3v) is 5.09. The SMILES string of the molecule is CCCCC(c1c[nH]c2ccccc12)c1c[nH]c2ccc(C)cc12. The third kappa shape index (κ3) is 2.52. The summed E-state index contributed by atoms with van der Waals surface area (Å²) in [4.78, 5) is 6.93. The monoisotopic (exact) mass is 316 g/mol. The summed E-state index contributed by atoms with van der Waals surface area (Å²) in [6, 6.07) is 15.3. The second-order valence-corrected chi connectivity index (χ2v) is 6.78. The van der Waals surface area contributed by atoms with E-state index in [9.17, 15) is 0 Å². The Morgan fingerprint density at radius 3 is 2.38 bits per heavy atom. The first-order valence-electron chi connectivity index (χ1n) is 8.91. The van der Waals surface area contributed by atoms with Crippen LogP contribution in [0.4, 0.5) is 0 Å². The number of nitrogens with one attached hydrogen (secondary N) is 2. The first-order chi connectivity index (χ1) is 11.8. The minimum Gasteiger partial charge on any atom is -0.361 e. The number of hydrogen-bond acceptors (Lipinski definition) is 0. The Labute approximate surface area is 142 Å². The molecule has 0 saturated heterocycles. The number of benzene rings is 2. The Balaban J connectivity index is 1.88. The fourth-order valence-corrected chi connectivity index (χ4v) is 3.81. The number of H-pyrrole nitrogens is 2. The quantitative estimate of drug-likeness (QED) is 0.434. The molecule has 2 aromatic carbocycles. The number of rotatable bonds is 5. The molecule has 2 heterocycles. The van der Waals surface area contributed by atoms with Gasteiger partial charge in [0.2, 0.25) is 0 Å². The molecule has 0 aliphatic carbocycles. The Morgan fingerprint density at radius 1 is 0.875 bits per heavy atom. The molecule has 0 aliphatic heterocycles. The fourth-order valence-electron chi connectivity index (χ4n) is 3.81. The van der Waals surface area contributed by atoms with Crippen LogP contribution >= 0.6 is 0 Å². The molecule has 4 rings (SSSR count). The molecule has 1 atom stereocenters. The topological polar surface area (TPSA) is 31.6 Å². The zero-order valence-electron chi connectivity index (χ0n) is 14.4. The summed E-state index contributed by atoms with van der Waals surface area (Å²) in [6.45, 7) is 4.44. The number of aromatic nitrogens is 2. The van der Waals surface area contributed by atoms with Gasteiger partial charge in [-0.1, -0.05) is 49.6 Å². The summed E-state index contributed by atoms with van der Waals surface area (Å²) < 4.78 is 0. The van der Waals surface area contributed by atoms with Crippen LogP contribution in [0.15, 0.2) is 54.9 Å². The van der Waals surface area contributed by atoms with E-state index in [-0.39, 0.29) is 0 Å². The molecular weight excluding hydrogens is 292 g/mol. The molecule has 4 aromatic rings. The maximum Gasteiger partial charge on any atom is 0.0457 e. The van der Waals surface area contributed by atoms with Gasteiger partial charge in [0.25, 0.3) is 0 Å². The number of para-hydroxylation sites is 1. The van der Waals surface area contributed by atoms with Crippen LogP contribution < -0.4 is 0 Å². The molecule has 0 aliphatic rings. The molecule has 0 bridgehead atoms. The van der Waals surface area contributed by atoms with E-state index in [1.807, 2.05) is 0 Å². The van der Waals surface area contributed by atoms with E-state index in [0.29, 0.717) is 5.92 Å². The summed E-state index contributed by atoms with van der Waals surface area (Å²) in [5, 5.41) is 2.71. The van der Waals surface area contributed by atoms with E-state index in [1.54, 1.807) is 0 Å². The van der Waals surface area contributed by atoms with Crippen molar-refractivity contribution in [2.24, 2.45) is 0 Å². The summed E-state index contributed by atoms with van der Waals surface area (Å²) in [6.07, 6.45) is 8.06. The number of unbranched alkanes of at least 4 members (excludes halogenated alkanes) is 1. The number of aromatic amines is 2. The predicted molar refractivity (Wildman–Crippen MR) is 103 cm³/mol. The molecule has 0 saturated carbocycles. The first-order valence-corrected chi connectivity index (χ1v) is 8.91. The lowest BCUT2D eigenvalue weighted by atomic mass is 9.86. The van der Waals surface area contributed by atoms with E-state index < -0.39 is 0 Å². The predicted octanol–water partition coefficient (Wildman–Crippen LogP) is 6.28. The van der Waals surface area contributed by atoms with E-state index in [1.165, 1.54) is 57.8 Å². The molecule has 0 radical (unpaired) electrons. The van der Waals surface area contributed by atoms with Gasteiger partial charge in [0.15, 0.2) is 0 Å². The number of hydrogen-bond donors (Lipinski definition) is 2. The van der Waals surface area contributed by atoms with Crippen LogP contribution in [0.2, 0.25) is 0 Å². The van der Waals surface area contributed by atoms with Gasteiger partial charge in [-0.05, 0) is 42.7 Å². The Morgan fingerprint density at radius 2 is 1.58 bits per heavy atom. The van der Waals surface area contributed by atoms with Crippen LogP contribution in [0, 0.1) is 6.92 Å². The first kappa shape index (κ1) is 15.1. The Bertz CT molecular complexity index is 974. The van der Waals surface area contributed by atoms with Crippen molar-refractivity contribution in [2.45, 2.75) is 39.0 Å². The van der Waals surface area contributed by atoms with E-state index >= 15 is 0 Å². The average Bonchev–Trinajstić information content (AvgIpc) is 3.20. The van der Waals surface area contributed by atoms with Crippen molar-refractivity contribution in [1.29, 1.82) is 0 Å². The molecule has 0 amide bonds. The van der Waals surface area contributed by atoms with Gasteiger partial charge in [-0.3, -0.25) is 0 Å². The van der Waals surface area contributed by atoms with Crippen molar-refractivity contribution in [3.8, 4) is 0 Å². The standard InChI is InChI=1S/C22H24N2/c1-3-4-7-16(19-13-23-21-9-6-5-8-17(19)21)20-14-24-22-11-10-15(2)12-18(20)22/h5-6,8-14,16,23-24H,3-4,7H2,1-2H3. The summed E-state index contributed by atoms with van der Waals surface area (Å²) in [7, 11) is 0. The van der Waals surface area contributed by atoms with Gasteiger partial charge < -0.3 is 9.97 Å². The minimum absolute atomic E-state index is 0.427. The van der Waals surface area contributed by atoms with Crippen LogP contribution in [0.1, 0.15) is 48.8 Å². The van der Waals surface area contributed by atoms with Gasteiger partial charge in [0, 0.05) is 40.1 Å². The maximum absolute atomic E-state index is 3.47. The van der Waals surface area contributed by atoms with Crippen molar-refractivity contribution in [1.82, 2.24) is 9.97 Å². The Kier molecular flexibility index (Phi) is 3.89. The molecule has 122 valence electrons. The average molecular weight is 316 g/mol. The third-order valence-electron chi connectivity index (χ3n) is 5.09. The lowest BCUT2D eigenvalue weighted by molar-refractivity contribution is 0.656. The van der Waals surface area contributed by atoms with Gasteiger partial charge in [-0.2, -0.15) is 0 Å². The highest BCUT2D eigenvalue weighted by atomic mass is 14.7. The van der Waals surface area contributed by atoms with Crippen LogP contribution in [0.3, 0.4) is 0 Å². The molecule has 2 heteroatoms. The van der Waals surface area contributed by atoms with Crippen molar-refractivity contribution in [3.63, 3.8) is 0 Å². The lowest BCUT2D eigenvalue weighted by Crippen LogP contribution is -2.00. The summed E-state index contributed by atoms with van der Waals surface area (Å²) >= 11 is 0. The zero-order chi connectivity index (χ0) is 16.5. The smallest absolute Gasteiger partial charge is 0.0457 e. The summed E-state index contributed by atoms with van der Waals surface area (Å²) in [5.41, 5.74) is 6.62. The molecule has 2 N–H and O–H groups in total. The van der Waals surface area contributed by atoms with Crippen molar-refractivity contribution < 1.29 is 0 Å². The second-order valence-electron chi connectivity index (χ2n) is 6.78. The molecular formula is C22H24N2. The van der Waals surface area contributed by atoms with Crippen molar-refractivity contribution in [3.05, 3.63) is 71.5 Å². The Hall–Kier alpha value is -2.48. The second kappa shape index (κ2) is 6.20. The number of aryl methyl sites for hydroxylation is 1. The highest BCUT2D eigenvalue weighted by Gasteiger charge is 2.20. The zero-order valence-corrected chi connectivity index (χ0v) is 14.4. The van der Waals surface area contributed by atoms with Gasteiger partial charge in [0.1, 0.15) is 0 Å². The van der Waals surface area contributed by atoms with Crippen LogP contribution in [0.25, 0.3) is 21.8 Å². The van der Waals surface area contributed by atoms with E-state index in [2.05, 4.69) is 78.7 Å². The van der Waals surface area contributed by atoms with Crippen molar-refractivity contribution >= 4 is 21.8 Å². The molecule has 0 spiro atoms. The highest BCUT2D eigenvalue weighted by Crippen LogP contribution is 2.38. The maximum atomic E-state index is 3.47. The molecule has 2 aromatic heterocycles.